The first-order valence-electron chi connectivity index (χ1n) is 6.51. The minimum Gasteiger partial charge on any atom is -0.377 e. The van der Waals surface area contributed by atoms with E-state index in [1.165, 1.54) is 4.31 Å². The molecule has 0 amide bonds. The maximum absolute atomic E-state index is 12.4. The molecule has 19 heavy (non-hydrogen) atoms. The van der Waals surface area contributed by atoms with Gasteiger partial charge in [-0.25, -0.2) is 8.42 Å². The number of hydrogen-bond acceptors (Lipinski definition) is 4. The minimum absolute atomic E-state index is 0.130. The van der Waals surface area contributed by atoms with E-state index in [-0.39, 0.29) is 6.10 Å². The van der Waals surface area contributed by atoms with Gasteiger partial charge in [0.15, 0.2) is 0 Å². The summed E-state index contributed by atoms with van der Waals surface area (Å²) in [4.78, 5) is 0.358. The van der Waals surface area contributed by atoms with Crippen molar-refractivity contribution in [2.75, 3.05) is 26.2 Å². The second-order valence-electron chi connectivity index (χ2n) is 4.58. The lowest BCUT2D eigenvalue weighted by molar-refractivity contribution is 0.0257. The zero-order valence-electron chi connectivity index (χ0n) is 10.9. The van der Waals surface area contributed by atoms with Crippen LogP contribution in [0, 0.1) is 0 Å². The predicted molar refractivity (Wildman–Crippen MR) is 73.2 cm³/mol. The van der Waals surface area contributed by atoms with Crippen molar-refractivity contribution in [3.8, 4) is 0 Å². The number of hydrogen-bond donors (Lipinski definition) is 1. The van der Waals surface area contributed by atoms with Crippen LogP contribution in [0.4, 0.5) is 0 Å². The van der Waals surface area contributed by atoms with E-state index in [1.807, 2.05) is 6.07 Å². The molecule has 1 heterocycles. The zero-order valence-corrected chi connectivity index (χ0v) is 11.7. The van der Waals surface area contributed by atoms with Gasteiger partial charge in [-0.05, 0) is 25.0 Å². The van der Waals surface area contributed by atoms with E-state index in [2.05, 4.69) is 0 Å². The number of piperidine rings is 1. The van der Waals surface area contributed by atoms with Crippen LogP contribution in [-0.4, -0.2) is 45.1 Å². The molecule has 1 saturated heterocycles. The average molecular weight is 284 g/mol. The Morgan fingerprint density at radius 1 is 1.21 bits per heavy atom. The van der Waals surface area contributed by atoms with E-state index in [1.54, 1.807) is 24.3 Å². The van der Waals surface area contributed by atoms with Crippen molar-refractivity contribution in [2.45, 2.75) is 23.8 Å². The highest BCUT2D eigenvalue weighted by Gasteiger charge is 2.29. The van der Waals surface area contributed by atoms with Crippen molar-refractivity contribution >= 4 is 10.0 Å². The van der Waals surface area contributed by atoms with Crippen LogP contribution in [-0.2, 0) is 14.8 Å². The smallest absolute Gasteiger partial charge is 0.243 e. The number of rotatable bonds is 5. The Kier molecular flexibility index (Phi) is 4.93. The molecule has 0 atom stereocenters. The molecule has 0 aromatic heterocycles. The molecule has 2 rings (SSSR count). The molecule has 0 bridgehead atoms. The molecule has 0 radical (unpaired) electrons. The molecule has 1 fully saturated rings. The summed E-state index contributed by atoms with van der Waals surface area (Å²) in [5, 5.41) is 0. The van der Waals surface area contributed by atoms with Crippen LogP contribution in [0.3, 0.4) is 0 Å². The normalized spacial score (nSPS) is 18.6. The molecule has 5 nitrogen and oxygen atoms in total. The summed E-state index contributed by atoms with van der Waals surface area (Å²) in [7, 11) is -3.35. The topological polar surface area (TPSA) is 72.6 Å². The van der Waals surface area contributed by atoms with Crippen LogP contribution in [0.1, 0.15) is 12.8 Å². The average Bonchev–Trinajstić information content (AvgIpc) is 2.46. The van der Waals surface area contributed by atoms with Gasteiger partial charge in [0.25, 0.3) is 0 Å². The molecule has 1 aliphatic rings. The molecular weight excluding hydrogens is 264 g/mol. The van der Waals surface area contributed by atoms with E-state index < -0.39 is 10.0 Å². The number of sulfonamides is 1. The Hall–Kier alpha value is -0.950. The maximum Gasteiger partial charge on any atom is 0.243 e. The molecule has 106 valence electrons. The molecule has 0 aliphatic carbocycles. The monoisotopic (exact) mass is 284 g/mol. The summed E-state index contributed by atoms with van der Waals surface area (Å²) in [6.45, 7) is 2.05. The minimum atomic E-state index is -3.35. The third-order valence-electron chi connectivity index (χ3n) is 3.25. The van der Waals surface area contributed by atoms with Gasteiger partial charge in [0.1, 0.15) is 0 Å². The first kappa shape index (κ1) is 14.5. The van der Waals surface area contributed by atoms with Gasteiger partial charge in [-0.1, -0.05) is 18.2 Å². The van der Waals surface area contributed by atoms with E-state index >= 15 is 0 Å². The van der Waals surface area contributed by atoms with Crippen LogP contribution in [0.15, 0.2) is 35.2 Å². The Morgan fingerprint density at radius 2 is 1.84 bits per heavy atom. The summed E-state index contributed by atoms with van der Waals surface area (Å²) in [6, 6.07) is 8.55. The Morgan fingerprint density at radius 3 is 2.42 bits per heavy atom. The van der Waals surface area contributed by atoms with Crippen molar-refractivity contribution < 1.29 is 13.2 Å². The third kappa shape index (κ3) is 3.54. The van der Waals surface area contributed by atoms with E-state index in [4.69, 9.17) is 10.5 Å². The van der Waals surface area contributed by atoms with Crippen molar-refractivity contribution in [2.24, 2.45) is 5.73 Å². The molecule has 1 aromatic rings. The SMILES string of the molecule is NCCOC1CCN(S(=O)(=O)c2ccccc2)CC1. The van der Waals surface area contributed by atoms with Gasteiger partial charge in [0.2, 0.25) is 10.0 Å². The standard InChI is InChI=1S/C13H20N2O3S/c14-8-11-18-12-6-9-15(10-7-12)19(16,17)13-4-2-1-3-5-13/h1-5,12H,6-11,14H2. The third-order valence-corrected chi connectivity index (χ3v) is 5.17. The number of nitrogens with zero attached hydrogens (tertiary/aromatic N) is 1. The van der Waals surface area contributed by atoms with Crippen molar-refractivity contribution in [3.63, 3.8) is 0 Å². The lowest BCUT2D eigenvalue weighted by atomic mass is 10.1. The van der Waals surface area contributed by atoms with Crippen molar-refractivity contribution in [3.05, 3.63) is 30.3 Å². The summed E-state index contributed by atoms with van der Waals surface area (Å²) < 4.78 is 31.8. The number of nitrogens with two attached hydrogens (primary N) is 1. The second kappa shape index (κ2) is 6.47. The van der Waals surface area contributed by atoms with Gasteiger partial charge in [0, 0.05) is 19.6 Å². The lowest BCUT2D eigenvalue weighted by Crippen LogP contribution is -2.41. The fraction of sp³-hybridized carbons (Fsp3) is 0.538. The summed E-state index contributed by atoms with van der Waals surface area (Å²) in [5.74, 6) is 0. The molecule has 1 aromatic carbocycles. The first-order valence-corrected chi connectivity index (χ1v) is 7.95. The molecule has 1 aliphatic heterocycles. The first-order chi connectivity index (χ1) is 9.14. The summed E-state index contributed by atoms with van der Waals surface area (Å²) in [6.07, 6.45) is 1.59. The number of benzene rings is 1. The Bertz CT molecular complexity index is 482. The number of ether oxygens (including phenoxy) is 1. The zero-order chi connectivity index (χ0) is 13.7. The van der Waals surface area contributed by atoms with E-state index in [0.717, 1.165) is 12.8 Å². The molecule has 0 spiro atoms. The maximum atomic E-state index is 12.4. The van der Waals surface area contributed by atoms with Gasteiger partial charge in [-0.3, -0.25) is 0 Å². The van der Waals surface area contributed by atoms with Gasteiger partial charge >= 0.3 is 0 Å². The van der Waals surface area contributed by atoms with Crippen molar-refractivity contribution in [1.82, 2.24) is 4.31 Å². The summed E-state index contributed by atoms with van der Waals surface area (Å²) >= 11 is 0. The van der Waals surface area contributed by atoms with Crippen LogP contribution in [0.25, 0.3) is 0 Å². The largest absolute Gasteiger partial charge is 0.377 e. The molecule has 0 saturated carbocycles. The van der Waals surface area contributed by atoms with E-state index in [9.17, 15) is 8.42 Å². The van der Waals surface area contributed by atoms with Crippen LogP contribution in [0.5, 0.6) is 0 Å². The highest BCUT2D eigenvalue weighted by Crippen LogP contribution is 2.21. The Labute approximate surface area is 114 Å². The van der Waals surface area contributed by atoms with E-state index in [0.29, 0.717) is 31.1 Å². The lowest BCUT2D eigenvalue weighted by Gasteiger charge is -2.31. The molecule has 2 N–H and O–H groups in total. The van der Waals surface area contributed by atoms with Crippen LogP contribution < -0.4 is 5.73 Å². The van der Waals surface area contributed by atoms with Gasteiger partial charge in [0.05, 0.1) is 17.6 Å². The summed E-state index contributed by atoms with van der Waals surface area (Å²) in [5.41, 5.74) is 5.39. The Balaban J connectivity index is 1.98. The van der Waals surface area contributed by atoms with Gasteiger partial charge in [-0.15, -0.1) is 0 Å². The van der Waals surface area contributed by atoms with Crippen molar-refractivity contribution in [1.29, 1.82) is 0 Å². The fourth-order valence-electron chi connectivity index (χ4n) is 2.22. The van der Waals surface area contributed by atoms with Crippen LogP contribution in [0.2, 0.25) is 0 Å². The predicted octanol–water partition coefficient (Wildman–Crippen LogP) is 0.815. The fourth-order valence-corrected chi connectivity index (χ4v) is 3.71. The molecule has 0 unspecified atom stereocenters. The molecule has 6 heteroatoms. The highest BCUT2D eigenvalue weighted by molar-refractivity contribution is 7.89. The molecular formula is C13H20N2O3S. The van der Waals surface area contributed by atoms with Gasteiger partial charge < -0.3 is 10.5 Å². The van der Waals surface area contributed by atoms with Crippen LogP contribution >= 0.6 is 0 Å². The quantitative estimate of drug-likeness (QED) is 0.868. The van der Waals surface area contributed by atoms with Gasteiger partial charge in [-0.2, -0.15) is 4.31 Å². The second-order valence-corrected chi connectivity index (χ2v) is 6.51. The highest BCUT2D eigenvalue weighted by atomic mass is 32.2.